The molecule has 23 nitrogen and oxygen atoms in total. The highest BCUT2D eigenvalue weighted by atomic mass is 15.4. The van der Waals surface area contributed by atoms with E-state index in [9.17, 15) is 0 Å². The summed E-state index contributed by atoms with van der Waals surface area (Å²) in [5, 5.41) is 20.2. The molecule has 0 saturated carbocycles. The van der Waals surface area contributed by atoms with E-state index in [4.69, 9.17) is 44.9 Å². The van der Waals surface area contributed by atoms with Gasteiger partial charge in [-0.1, -0.05) is 92.4 Å². The van der Waals surface area contributed by atoms with Crippen LogP contribution in [0.25, 0.3) is 0 Å². The molecule has 23 heteroatoms. The summed E-state index contributed by atoms with van der Waals surface area (Å²) in [5.74, 6) is 7.22. The third kappa shape index (κ3) is 28.1. The maximum atomic E-state index is 5.99. The van der Waals surface area contributed by atoms with E-state index in [1.54, 1.807) is 0 Å². The Balaban J connectivity index is 1.16. The van der Waals surface area contributed by atoms with Crippen LogP contribution in [-0.4, -0.2) is 218 Å². The second-order valence-electron chi connectivity index (χ2n) is 42.8. The Morgan fingerprint density at radius 2 is 0.434 bits per heavy atom. The Morgan fingerprint density at radius 1 is 0.230 bits per heavy atom. The van der Waals surface area contributed by atoms with Crippen molar-refractivity contribution in [3.63, 3.8) is 0 Å². The van der Waals surface area contributed by atoms with Gasteiger partial charge in [-0.05, 0) is 260 Å². The summed E-state index contributed by atoms with van der Waals surface area (Å²) in [6.45, 7) is 67.3. The van der Waals surface area contributed by atoms with Crippen LogP contribution in [0.3, 0.4) is 0 Å². The van der Waals surface area contributed by atoms with Gasteiger partial charge in [-0.3, -0.25) is 0 Å². The Morgan fingerprint density at radius 3 is 0.690 bits per heavy atom. The van der Waals surface area contributed by atoms with Crippen LogP contribution in [0.2, 0.25) is 0 Å². The van der Waals surface area contributed by atoms with Crippen molar-refractivity contribution in [3.8, 4) is 0 Å². The first-order valence-corrected chi connectivity index (χ1v) is 45.6. The standard InChI is InChI=1S/C90H171N23/c1-30-35-48-106(28)73-91-72(105(26)27)92-77(93-73)110(68-59-83(10,11)101-84(12,13)60-68)53-44-40-41-45-54-111(69-61-85(14,15)102-86(16,17)62-69)78-94-74(107(29)67-57-81(6,7)100-82(8,9)58-67)95-79(99-78)112(70-63-87(18,19)103-88(20,21)64-70)55-46-42-43-47-56-113(71-65-89(22,23)104-90(24,25)66-71)80-97-75(108(49-36-31-2)50-37-32-3)96-76(98-80)109(51-38-33-4)52-39-34-5/h67-71,100-104H,30-66H2,1-29H3. The molecular formula is C90H171N23. The van der Waals surface area contributed by atoms with Crippen molar-refractivity contribution in [3.05, 3.63) is 0 Å². The fourth-order valence-electron chi connectivity index (χ4n) is 21.1. The normalized spacial score (nSPS) is 21.2. The van der Waals surface area contributed by atoms with Gasteiger partial charge in [0.15, 0.2) is 0 Å². The number of rotatable bonds is 43. The molecule has 0 spiro atoms. The molecule has 3 aromatic heterocycles. The van der Waals surface area contributed by atoms with Gasteiger partial charge in [-0.15, -0.1) is 0 Å². The molecule has 646 valence electrons. The summed E-state index contributed by atoms with van der Waals surface area (Å²) in [7, 11) is 8.51. The predicted octanol–water partition coefficient (Wildman–Crippen LogP) is 17.1. The van der Waals surface area contributed by atoms with Crippen LogP contribution in [0.5, 0.6) is 0 Å². The van der Waals surface area contributed by atoms with E-state index in [0.717, 1.165) is 286 Å². The topological polar surface area (TPSA) is 205 Å². The Hall–Kier alpha value is -4.97. The molecular weight excluding hydrogens is 1400 g/mol. The Bertz CT molecular complexity index is 3240. The summed E-state index contributed by atoms with van der Waals surface area (Å²) < 4.78 is 0. The third-order valence-electron chi connectivity index (χ3n) is 24.7. The molecule has 0 atom stereocenters. The first-order valence-electron chi connectivity index (χ1n) is 45.6. The van der Waals surface area contributed by atoms with Gasteiger partial charge >= 0.3 is 0 Å². The van der Waals surface area contributed by atoms with Crippen molar-refractivity contribution in [1.82, 2.24) is 71.4 Å². The smallest absolute Gasteiger partial charge is 0.232 e. The molecule has 0 bridgehead atoms. The van der Waals surface area contributed by atoms with Gasteiger partial charge < -0.3 is 70.7 Å². The molecule has 0 radical (unpaired) electrons. The van der Waals surface area contributed by atoms with Crippen molar-refractivity contribution in [2.45, 2.75) is 438 Å². The zero-order chi connectivity index (χ0) is 83.3. The highest BCUT2D eigenvalue weighted by Crippen LogP contribution is 2.42. The van der Waals surface area contributed by atoms with Crippen LogP contribution in [0.1, 0.15) is 353 Å². The van der Waals surface area contributed by atoms with Crippen LogP contribution < -0.4 is 70.7 Å². The number of unbranched alkanes of at least 4 members (excludes halogenated alkanes) is 11. The average molecular weight is 1580 g/mol. The molecule has 8 heterocycles. The number of hydrogen-bond donors (Lipinski definition) is 5. The van der Waals surface area contributed by atoms with E-state index in [1.165, 1.54) is 0 Å². The lowest BCUT2D eigenvalue weighted by molar-refractivity contribution is 0.156. The average Bonchev–Trinajstić information content (AvgIpc) is 0.780. The van der Waals surface area contributed by atoms with Crippen molar-refractivity contribution < 1.29 is 0 Å². The minimum absolute atomic E-state index is 0.0544. The van der Waals surface area contributed by atoms with Crippen LogP contribution in [0.15, 0.2) is 0 Å². The number of nitrogens with zero attached hydrogens (tertiary/aromatic N) is 18. The quantitative estimate of drug-likeness (QED) is 0.0334. The number of hydrogen-bond acceptors (Lipinski definition) is 23. The number of anilines is 9. The summed E-state index contributed by atoms with van der Waals surface area (Å²) in [6, 6.07) is 1.10. The van der Waals surface area contributed by atoms with E-state index in [0.29, 0.717) is 5.95 Å². The number of piperidine rings is 5. The molecule has 5 N–H and O–H groups in total. The molecule has 5 aliphatic rings. The largest absolute Gasteiger partial charge is 0.347 e. The zero-order valence-electron chi connectivity index (χ0n) is 78.1. The van der Waals surface area contributed by atoms with E-state index in [2.05, 4.69) is 253 Å². The van der Waals surface area contributed by atoms with Gasteiger partial charge in [-0.25, -0.2) is 0 Å². The van der Waals surface area contributed by atoms with Crippen LogP contribution in [0, 0.1) is 0 Å². The lowest BCUT2D eigenvalue weighted by atomic mass is 9.79. The van der Waals surface area contributed by atoms with Crippen molar-refractivity contribution in [2.24, 2.45) is 0 Å². The predicted molar refractivity (Wildman–Crippen MR) is 482 cm³/mol. The molecule has 8 rings (SSSR count). The van der Waals surface area contributed by atoms with Crippen LogP contribution in [0.4, 0.5) is 53.5 Å². The lowest BCUT2D eigenvalue weighted by Gasteiger charge is -2.51. The van der Waals surface area contributed by atoms with Crippen molar-refractivity contribution in [1.29, 1.82) is 0 Å². The van der Waals surface area contributed by atoms with E-state index in [-0.39, 0.29) is 85.6 Å². The van der Waals surface area contributed by atoms with E-state index >= 15 is 0 Å². The first kappa shape index (κ1) is 93.5. The molecule has 5 saturated heterocycles. The molecule has 0 aliphatic carbocycles. The summed E-state index contributed by atoms with van der Waals surface area (Å²) >= 11 is 0. The minimum atomic E-state index is -0.112. The maximum absolute atomic E-state index is 5.99. The molecule has 113 heavy (non-hydrogen) atoms. The number of nitrogens with one attached hydrogen (secondary N) is 5. The van der Waals surface area contributed by atoms with Gasteiger partial charge in [0, 0.05) is 173 Å². The molecule has 3 aromatic rings. The summed E-state index contributed by atoms with van der Waals surface area (Å²) in [5.41, 5.74) is -0.838. The van der Waals surface area contributed by atoms with Crippen molar-refractivity contribution in [2.75, 3.05) is 131 Å². The second kappa shape index (κ2) is 39.3. The molecule has 0 unspecified atom stereocenters. The summed E-state index contributed by atoms with van der Waals surface area (Å²) in [6.07, 6.45) is 29.4. The number of aromatic nitrogens is 9. The van der Waals surface area contributed by atoms with E-state index < -0.39 is 0 Å². The zero-order valence-corrected chi connectivity index (χ0v) is 78.1. The highest BCUT2D eigenvalue weighted by Gasteiger charge is 2.47. The van der Waals surface area contributed by atoms with Gasteiger partial charge in [0.25, 0.3) is 0 Å². The molecule has 5 aliphatic heterocycles. The van der Waals surface area contributed by atoms with Gasteiger partial charge in [0.05, 0.1) is 0 Å². The Labute approximate surface area is 691 Å². The third-order valence-corrected chi connectivity index (χ3v) is 24.7. The maximum Gasteiger partial charge on any atom is 0.232 e. The van der Waals surface area contributed by atoms with Crippen LogP contribution >= 0.6 is 0 Å². The molecule has 0 aromatic carbocycles. The van der Waals surface area contributed by atoms with Gasteiger partial charge in [-0.2, -0.15) is 44.9 Å². The fourth-order valence-corrected chi connectivity index (χ4v) is 21.1. The van der Waals surface area contributed by atoms with Crippen molar-refractivity contribution >= 4 is 53.5 Å². The van der Waals surface area contributed by atoms with Crippen LogP contribution in [-0.2, 0) is 0 Å². The highest BCUT2D eigenvalue weighted by molar-refractivity contribution is 5.51. The minimum Gasteiger partial charge on any atom is -0.347 e. The Kier molecular flexibility index (Phi) is 32.5. The summed E-state index contributed by atoms with van der Waals surface area (Å²) in [4.78, 5) is 72.3. The first-order chi connectivity index (χ1) is 52.7. The van der Waals surface area contributed by atoms with Gasteiger partial charge in [0.2, 0.25) is 53.5 Å². The monoisotopic (exact) mass is 1570 g/mol. The van der Waals surface area contributed by atoms with E-state index in [1.807, 2.05) is 19.0 Å². The molecule has 0 amide bonds. The second-order valence-corrected chi connectivity index (χ2v) is 42.8. The SMILES string of the molecule is CCCCN(C)c1nc(N(C)C)nc(N(CCCCCCN(c2nc(N(C)C3CC(C)(C)NC(C)(C)C3)nc(N(CCCCCCN(c3nc(N(CCCC)CCCC)nc(N(CCCC)CCCC)n3)C3CC(C)(C)NC(C)(C)C3)C3CC(C)(C)NC(C)(C)C3)n2)C2CC(C)(C)NC(C)(C)C2)C2CC(C)(C)NC(C)(C)C2)n1. The molecule has 5 fully saturated rings. The van der Waals surface area contributed by atoms with Gasteiger partial charge in [0.1, 0.15) is 0 Å². The lowest BCUT2D eigenvalue weighted by Crippen LogP contribution is -2.63. The fraction of sp³-hybridized carbons (Fsp3) is 0.900.